The van der Waals surface area contributed by atoms with Crippen LogP contribution in [0.15, 0.2) is 53.6 Å². The molecule has 0 aliphatic heterocycles. The van der Waals surface area contributed by atoms with Gasteiger partial charge in [-0.15, -0.1) is 0 Å². The van der Waals surface area contributed by atoms with Crippen LogP contribution in [0.3, 0.4) is 0 Å². The number of carbonyl (C=O) groups is 1. The fraction of sp³-hybridized carbons (Fsp3) is 0.0588. The van der Waals surface area contributed by atoms with E-state index in [1.165, 1.54) is 11.0 Å². The number of amides is 2. The molecule has 5 nitrogen and oxygen atoms in total. The Morgan fingerprint density at radius 1 is 1.00 bits per heavy atom. The van der Waals surface area contributed by atoms with Crippen LogP contribution in [0, 0.1) is 6.92 Å². The topological polar surface area (TPSA) is 73.7 Å². The highest BCUT2D eigenvalue weighted by Crippen LogP contribution is 2.31. The Bertz CT molecular complexity index is 831. The van der Waals surface area contributed by atoms with Crippen molar-refractivity contribution in [2.24, 2.45) is 5.10 Å². The molecule has 0 radical (unpaired) electrons. The number of nitrogens with one attached hydrogen (secondary N) is 2. The lowest BCUT2D eigenvalue weighted by atomic mass is 9.93. The monoisotopic (exact) mass is 293 g/mol. The van der Waals surface area contributed by atoms with E-state index >= 15 is 0 Å². The van der Waals surface area contributed by atoms with E-state index in [1.54, 1.807) is 6.21 Å². The number of benzene rings is 3. The number of nitrogens with zero attached hydrogens (tertiary/aromatic N) is 1. The summed E-state index contributed by atoms with van der Waals surface area (Å²) in [5.41, 5.74) is 5.80. The molecule has 3 rings (SSSR count). The molecular weight excluding hydrogens is 278 g/mol. The van der Waals surface area contributed by atoms with E-state index in [0.717, 1.165) is 27.1 Å². The molecule has 3 N–H and O–H groups in total. The zero-order chi connectivity index (χ0) is 15.5. The number of hydrogen-bond acceptors (Lipinski definition) is 3. The molecule has 0 fully saturated rings. The largest absolute Gasteiger partial charge is 0.358 e. The maximum Gasteiger partial charge on any atom is 0.358 e. The third-order valence-corrected chi connectivity index (χ3v) is 3.70. The molecule has 0 spiro atoms. The summed E-state index contributed by atoms with van der Waals surface area (Å²) in [4.78, 5) is 11.0. The molecule has 0 saturated carbocycles. The molecule has 22 heavy (non-hydrogen) atoms. The summed E-state index contributed by atoms with van der Waals surface area (Å²) in [6.45, 7) is 2.10. The quantitative estimate of drug-likeness (QED) is 0.293. The van der Waals surface area contributed by atoms with Gasteiger partial charge in [0, 0.05) is 5.56 Å². The maximum absolute atomic E-state index is 11.0. The number of fused-ring (bicyclic) bond motifs is 2. The highest BCUT2D eigenvalue weighted by Gasteiger charge is 2.09. The van der Waals surface area contributed by atoms with E-state index in [-0.39, 0.29) is 0 Å². The number of carbonyl (C=O) groups excluding carboxylic acids is 1. The molecule has 3 aromatic carbocycles. The molecule has 0 aliphatic rings. The van der Waals surface area contributed by atoms with Crippen LogP contribution in [0.1, 0.15) is 11.1 Å². The lowest BCUT2D eigenvalue weighted by molar-refractivity contribution is 0.162. The van der Waals surface area contributed by atoms with Gasteiger partial charge in [-0.1, -0.05) is 48.5 Å². The zero-order valence-corrected chi connectivity index (χ0v) is 12.0. The second-order valence-corrected chi connectivity index (χ2v) is 4.94. The number of hydrazone groups is 1. The standard InChI is InChI=1S/C17H15N3O2/c1-11-12-6-2-4-8-14(12)16(10-18-19-17(21)20-22)15-9-5-3-7-13(11)15/h2-10,22H,1H3,(H2,19,20,21)/b18-10+. The van der Waals surface area contributed by atoms with Gasteiger partial charge in [0.2, 0.25) is 0 Å². The third kappa shape index (κ3) is 2.38. The number of hydrogen-bond donors (Lipinski definition) is 3. The fourth-order valence-electron chi connectivity index (χ4n) is 2.70. The van der Waals surface area contributed by atoms with E-state index in [1.807, 2.05) is 36.4 Å². The van der Waals surface area contributed by atoms with Crippen molar-refractivity contribution in [3.63, 3.8) is 0 Å². The van der Waals surface area contributed by atoms with Gasteiger partial charge in [0.05, 0.1) is 6.21 Å². The van der Waals surface area contributed by atoms with Crippen LogP contribution in [-0.2, 0) is 0 Å². The van der Waals surface area contributed by atoms with Crippen molar-refractivity contribution in [1.29, 1.82) is 0 Å². The first-order chi connectivity index (χ1) is 10.7. The molecule has 5 heteroatoms. The third-order valence-electron chi connectivity index (χ3n) is 3.70. The van der Waals surface area contributed by atoms with Crippen LogP contribution >= 0.6 is 0 Å². The van der Waals surface area contributed by atoms with Crippen molar-refractivity contribution in [3.05, 3.63) is 59.7 Å². The summed E-state index contributed by atoms with van der Waals surface area (Å²) >= 11 is 0. The summed E-state index contributed by atoms with van der Waals surface area (Å²) in [5.74, 6) is 0. The predicted octanol–water partition coefficient (Wildman–Crippen LogP) is 3.32. The summed E-state index contributed by atoms with van der Waals surface area (Å²) < 4.78 is 0. The van der Waals surface area contributed by atoms with Crippen LogP contribution < -0.4 is 10.9 Å². The fourth-order valence-corrected chi connectivity index (χ4v) is 2.70. The van der Waals surface area contributed by atoms with Crippen LogP contribution in [0.25, 0.3) is 21.5 Å². The second kappa shape index (κ2) is 5.83. The van der Waals surface area contributed by atoms with Gasteiger partial charge in [0.1, 0.15) is 0 Å². The van der Waals surface area contributed by atoms with Gasteiger partial charge >= 0.3 is 6.03 Å². The molecule has 0 aromatic heterocycles. The van der Waals surface area contributed by atoms with E-state index in [2.05, 4.69) is 29.6 Å². The molecule has 2 amide bonds. The van der Waals surface area contributed by atoms with Crippen molar-refractivity contribution >= 4 is 33.8 Å². The average molecular weight is 293 g/mol. The maximum atomic E-state index is 11.0. The summed E-state index contributed by atoms with van der Waals surface area (Å²) in [7, 11) is 0. The van der Waals surface area contributed by atoms with Crippen LogP contribution in [0.5, 0.6) is 0 Å². The number of hydroxylamine groups is 1. The highest BCUT2D eigenvalue weighted by atomic mass is 16.5. The van der Waals surface area contributed by atoms with Gasteiger partial charge in [-0.05, 0) is 34.0 Å². The highest BCUT2D eigenvalue weighted by molar-refractivity contribution is 6.15. The molecule has 0 unspecified atom stereocenters. The first-order valence-electron chi connectivity index (χ1n) is 6.85. The Morgan fingerprint density at radius 3 is 2.00 bits per heavy atom. The number of rotatable bonds is 2. The van der Waals surface area contributed by atoms with Crippen molar-refractivity contribution in [1.82, 2.24) is 10.9 Å². The zero-order valence-electron chi connectivity index (χ0n) is 12.0. The first kappa shape index (κ1) is 14.0. The lowest BCUT2D eigenvalue weighted by Crippen LogP contribution is -2.29. The smallest absolute Gasteiger partial charge is 0.287 e. The Kier molecular flexibility index (Phi) is 3.72. The summed E-state index contributed by atoms with van der Waals surface area (Å²) in [5, 5.41) is 16.8. The van der Waals surface area contributed by atoms with Crippen molar-refractivity contribution in [3.8, 4) is 0 Å². The van der Waals surface area contributed by atoms with Crippen LogP contribution in [0.4, 0.5) is 4.79 Å². The van der Waals surface area contributed by atoms with Crippen LogP contribution in [0.2, 0.25) is 0 Å². The van der Waals surface area contributed by atoms with E-state index in [9.17, 15) is 4.79 Å². The van der Waals surface area contributed by atoms with E-state index < -0.39 is 6.03 Å². The molecule has 0 bridgehead atoms. The number of urea groups is 1. The Morgan fingerprint density at radius 2 is 1.50 bits per heavy atom. The summed E-state index contributed by atoms with van der Waals surface area (Å²) in [6.07, 6.45) is 1.60. The minimum Gasteiger partial charge on any atom is -0.287 e. The minimum atomic E-state index is -0.781. The lowest BCUT2D eigenvalue weighted by Gasteiger charge is -2.11. The van der Waals surface area contributed by atoms with Gasteiger partial charge in [-0.2, -0.15) is 5.10 Å². The molecule has 0 heterocycles. The van der Waals surface area contributed by atoms with Gasteiger partial charge in [0.15, 0.2) is 0 Å². The molecule has 110 valence electrons. The number of aryl methyl sites for hydroxylation is 1. The van der Waals surface area contributed by atoms with Crippen LogP contribution in [-0.4, -0.2) is 17.5 Å². The minimum absolute atomic E-state index is 0.781. The molecule has 3 aromatic rings. The average Bonchev–Trinajstić information content (AvgIpc) is 2.57. The Hall–Kier alpha value is -2.92. The second-order valence-electron chi connectivity index (χ2n) is 4.94. The molecule has 0 aliphatic carbocycles. The van der Waals surface area contributed by atoms with Gasteiger partial charge in [-0.25, -0.2) is 15.7 Å². The van der Waals surface area contributed by atoms with Gasteiger partial charge in [-0.3, -0.25) is 5.21 Å². The van der Waals surface area contributed by atoms with Crippen molar-refractivity contribution in [2.75, 3.05) is 0 Å². The SMILES string of the molecule is Cc1c2ccccc2c(/C=N/NC(=O)NO)c2ccccc12. The normalized spacial score (nSPS) is 11.2. The van der Waals surface area contributed by atoms with Crippen molar-refractivity contribution < 1.29 is 10.0 Å². The molecular formula is C17H15N3O2. The molecule has 0 saturated heterocycles. The predicted molar refractivity (Wildman–Crippen MR) is 87.2 cm³/mol. The van der Waals surface area contributed by atoms with Crippen molar-refractivity contribution in [2.45, 2.75) is 6.92 Å². The summed E-state index contributed by atoms with van der Waals surface area (Å²) in [6, 6.07) is 15.4. The van der Waals surface area contributed by atoms with E-state index in [4.69, 9.17) is 5.21 Å². The molecule has 0 atom stereocenters. The van der Waals surface area contributed by atoms with Gasteiger partial charge < -0.3 is 0 Å². The first-order valence-corrected chi connectivity index (χ1v) is 6.85. The van der Waals surface area contributed by atoms with Gasteiger partial charge in [0.25, 0.3) is 0 Å². The Labute approximate surface area is 127 Å². The Balaban J connectivity index is 2.25. The van der Waals surface area contributed by atoms with E-state index in [0.29, 0.717) is 0 Å².